The monoisotopic (exact) mass is 382 g/mol. The molecule has 3 rings (SSSR count). The normalized spacial score (nSPS) is 18.6. The van der Waals surface area contributed by atoms with Gasteiger partial charge in [0.1, 0.15) is 0 Å². The van der Waals surface area contributed by atoms with E-state index in [0.717, 1.165) is 3.63 Å². The summed E-state index contributed by atoms with van der Waals surface area (Å²) >= 11 is -0.368. The van der Waals surface area contributed by atoms with E-state index in [4.69, 9.17) is 0 Å². The first-order chi connectivity index (χ1) is 8.75. The maximum absolute atomic E-state index is 2.38. The minimum atomic E-state index is -0.368. The van der Waals surface area contributed by atoms with Gasteiger partial charge in [-0.2, -0.15) is 0 Å². The van der Waals surface area contributed by atoms with Gasteiger partial charge in [-0.25, -0.2) is 0 Å². The van der Waals surface area contributed by atoms with E-state index in [9.17, 15) is 0 Å². The van der Waals surface area contributed by atoms with Crippen molar-refractivity contribution in [3.05, 3.63) is 62.5 Å². The topological polar surface area (TPSA) is 0 Å². The Morgan fingerprint density at radius 2 is 1.85 bits per heavy atom. The van der Waals surface area contributed by atoms with Crippen LogP contribution in [0.5, 0.6) is 0 Å². The minimum Gasteiger partial charge on any atom is -1.00 e. The molecule has 0 nitrogen and oxygen atoms in total. The van der Waals surface area contributed by atoms with Crippen molar-refractivity contribution in [2.24, 2.45) is 0 Å². The first-order valence-corrected chi connectivity index (χ1v) is 9.34. The van der Waals surface area contributed by atoms with Crippen molar-refractivity contribution in [3.63, 3.8) is 0 Å². The summed E-state index contributed by atoms with van der Waals surface area (Å²) in [5.74, 6) is 0.537. The van der Waals surface area contributed by atoms with E-state index in [2.05, 4.69) is 62.4 Å². The summed E-state index contributed by atoms with van der Waals surface area (Å²) in [5, 5.41) is 0. The fraction of sp³-hybridized carbons (Fsp3) is 0.294. The molecule has 20 heavy (non-hydrogen) atoms. The second-order valence-corrected chi connectivity index (χ2v) is 10.3. The summed E-state index contributed by atoms with van der Waals surface area (Å²) in [6.07, 6.45) is 10.6. The Balaban J connectivity index is 0.000001000. The first kappa shape index (κ1) is 18.0. The van der Waals surface area contributed by atoms with E-state index in [0.29, 0.717) is 5.92 Å². The molecule has 0 aromatic heterocycles. The van der Waals surface area contributed by atoms with Crippen LogP contribution < -0.4 is 24.8 Å². The zero-order valence-electron chi connectivity index (χ0n) is 11.7. The quantitative estimate of drug-likeness (QED) is 0.623. The van der Waals surface area contributed by atoms with Crippen LogP contribution in [-0.4, -0.2) is 0 Å². The molecule has 0 amide bonds. The second kappa shape index (κ2) is 7.78. The van der Waals surface area contributed by atoms with E-state index in [-0.39, 0.29) is 48.0 Å². The van der Waals surface area contributed by atoms with Crippen LogP contribution in [-0.2, 0) is 23.2 Å². The van der Waals surface area contributed by atoms with Crippen LogP contribution in [0, 0.1) is 0 Å². The Bertz CT molecular complexity index is 556. The molecule has 1 atom stereocenters. The van der Waals surface area contributed by atoms with E-state index >= 15 is 0 Å². The number of allylic oxidation sites excluding steroid dienone is 5. The SMILES string of the molecule is C[CH](C)[Zr+2][C]1=C(C2C=Cc3ccccc32)C=CC1.[Cl-].[Cl-]. The molecular weight excluding hydrogens is 366 g/mol. The standard InChI is InChI=1S/C14H11.C3H7.2ClH.Zr/c1-2-6-11(5-1)14-10-9-12-7-3-4-8-13(12)14;1-3-2;;;/h1,3-5,7-10,14H,2H2;3H,1-2H3;2*1H;/q;;;;+2/p-2. The molecule has 0 heterocycles. The maximum atomic E-state index is 2.38. The number of fused-ring (bicyclic) bond motifs is 1. The summed E-state index contributed by atoms with van der Waals surface area (Å²) in [5.41, 5.74) is 4.53. The van der Waals surface area contributed by atoms with Gasteiger partial charge < -0.3 is 24.8 Å². The van der Waals surface area contributed by atoms with Gasteiger partial charge in [-0.05, 0) is 0 Å². The summed E-state index contributed by atoms with van der Waals surface area (Å²) in [6.45, 7) is 4.76. The van der Waals surface area contributed by atoms with E-state index in [1.807, 2.05) is 0 Å². The molecule has 2 aliphatic rings. The molecule has 104 valence electrons. The van der Waals surface area contributed by atoms with Gasteiger partial charge in [0.05, 0.1) is 0 Å². The molecule has 1 unspecified atom stereocenters. The fourth-order valence-electron chi connectivity index (χ4n) is 2.82. The Morgan fingerprint density at radius 3 is 2.60 bits per heavy atom. The Labute approximate surface area is 145 Å². The summed E-state index contributed by atoms with van der Waals surface area (Å²) < 4.78 is 2.72. The van der Waals surface area contributed by atoms with Crippen LogP contribution in [0.1, 0.15) is 37.3 Å². The van der Waals surface area contributed by atoms with Crippen LogP contribution in [0.3, 0.4) is 0 Å². The Morgan fingerprint density at radius 1 is 1.10 bits per heavy atom. The zero-order chi connectivity index (χ0) is 12.5. The average molecular weight is 384 g/mol. The Kier molecular flexibility index (Phi) is 6.99. The van der Waals surface area contributed by atoms with Gasteiger partial charge in [-0.1, -0.05) is 0 Å². The molecule has 0 saturated carbocycles. The van der Waals surface area contributed by atoms with Crippen molar-refractivity contribution in [1.82, 2.24) is 0 Å². The third kappa shape index (κ3) is 3.56. The van der Waals surface area contributed by atoms with Crippen molar-refractivity contribution in [2.75, 3.05) is 0 Å². The fourth-order valence-corrected chi connectivity index (χ4v) is 6.11. The molecule has 0 radical (unpaired) electrons. The van der Waals surface area contributed by atoms with Crippen LogP contribution in [0.15, 0.2) is 51.3 Å². The summed E-state index contributed by atoms with van der Waals surface area (Å²) in [4.78, 5) is 0. The second-order valence-electron chi connectivity index (χ2n) is 5.31. The van der Waals surface area contributed by atoms with Gasteiger partial charge in [-0.15, -0.1) is 0 Å². The minimum absolute atomic E-state index is 0. The van der Waals surface area contributed by atoms with E-state index in [1.165, 1.54) is 17.5 Å². The van der Waals surface area contributed by atoms with Crippen LogP contribution >= 0.6 is 0 Å². The van der Waals surface area contributed by atoms with Gasteiger partial charge in [0.15, 0.2) is 0 Å². The molecule has 1 aromatic rings. The molecular formula is C17H18Cl2Zr. The van der Waals surface area contributed by atoms with Gasteiger partial charge in [0.25, 0.3) is 0 Å². The molecule has 0 saturated heterocycles. The maximum Gasteiger partial charge on any atom is -1.00 e. The van der Waals surface area contributed by atoms with Crippen LogP contribution in [0.4, 0.5) is 0 Å². The summed E-state index contributed by atoms with van der Waals surface area (Å²) in [6, 6.07) is 8.82. The third-order valence-corrected chi connectivity index (χ3v) is 7.05. The number of hydrogen-bond acceptors (Lipinski definition) is 0. The third-order valence-electron chi connectivity index (χ3n) is 3.57. The Hall–Kier alpha value is -0.0969. The van der Waals surface area contributed by atoms with Crippen LogP contribution in [0.25, 0.3) is 6.08 Å². The molecule has 0 N–H and O–H groups in total. The predicted molar refractivity (Wildman–Crippen MR) is 74.1 cm³/mol. The average Bonchev–Trinajstić information content (AvgIpc) is 2.94. The molecule has 0 bridgehead atoms. The zero-order valence-corrected chi connectivity index (χ0v) is 15.7. The molecule has 0 aliphatic heterocycles. The number of rotatable bonds is 3. The van der Waals surface area contributed by atoms with Gasteiger partial charge in [0.2, 0.25) is 0 Å². The van der Waals surface area contributed by atoms with E-state index < -0.39 is 0 Å². The number of halogens is 2. The summed E-state index contributed by atoms with van der Waals surface area (Å²) in [7, 11) is 0. The van der Waals surface area contributed by atoms with Gasteiger partial charge >= 0.3 is 122 Å². The van der Waals surface area contributed by atoms with Crippen LogP contribution in [0.2, 0.25) is 3.63 Å². The molecule has 1 aromatic carbocycles. The number of hydrogen-bond donors (Lipinski definition) is 0. The van der Waals surface area contributed by atoms with Crippen molar-refractivity contribution in [1.29, 1.82) is 0 Å². The van der Waals surface area contributed by atoms with Gasteiger partial charge in [-0.3, -0.25) is 0 Å². The van der Waals surface area contributed by atoms with Crippen molar-refractivity contribution < 1.29 is 48.0 Å². The smallest absolute Gasteiger partial charge is 1.00 e. The first-order valence-electron chi connectivity index (χ1n) is 6.69. The van der Waals surface area contributed by atoms with Crippen molar-refractivity contribution in [3.8, 4) is 0 Å². The molecule has 3 heteroatoms. The number of benzene rings is 1. The molecule has 0 fully saturated rings. The predicted octanol–water partition coefficient (Wildman–Crippen LogP) is -1.07. The molecule has 2 aliphatic carbocycles. The largest absolute Gasteiger partial charge is 1.00 e. The van der Waals surface area contributed by atoms with E-state index in [1.54, 1.807) is 8.85 Å². The van der Waals surface area contributed by atoms with Gasteiger partial charge in [0, 0.05) is 0 Å². The van der Waals surface area contributed by atoms with Crippen molar-refractivity contribution in [2.45, 2.75) is 29.8 Å². The molecule has 0 spiro atoms. The van der Waals surface area contributed by atoms with Crippen molar-refractivity contribution >= 4 is 6.08 Å².